The SMILES string of the molecule is COc1cc(C#N)ccc1NCc1ccc(F)c(Br)c1. The Bertz CT molecular complexity index is 667. The van der Waals surface area contributed by atoms with E-state index in [0.29, 0.717) is 22.3 Å². The molecule has 2 aromatic rings. The Morgan fingerprint density at radius 1 is 1.30 bits per heavy atom. The number of ether oxygens (including phenoxy) is 1. The first-order valence-electron chi connectivity index (χ1n) is 5.90. The number of hydrogen-bond acceptors (Lipinski definition) is 3. The Kier molecular flexibility index (Phi) is 4.59. The number of anilines is 1. The quantitative estimate of drug-likeness (QED) is 0.916. The molecule has 2 rings (SSSR count). The fourth-order valence-electron chi connectivity index (χ4n) is 1.75. The first kappa shape index (κ1) is 14.4. The molecule has 0 bridgehead atoms. The average molecular weight is 335 g/mol. The predicted molar refractivity (Wildman–Crippen MR) is 79.1 cm³/mol. The van der Waals surface area contributed by atoms with Crippen LogP contribution in [0.15, 0.2) is 40.9 Å². The van der Waals surface area contributed by atoms with E-state index < -0.39 is 0 Å². The summed E-state index contributed by atoms with van der Waals surface area (Å²) in [5.41, 5.74) is 2.26. The lowest BCUT2D eigenvalue weighted by Gasteiger charge is -2.11. The summed E-state index contributed by atoms with van der Waals surface area (Å²) in [5.74, 6) is 0.315. The third kappa shape index (κ3) is 3.28. The van der Waals surface area contributed by atoms with Gasteiger partial charge in [0.05, 0.1) is 28.9 Å². The van der Waals surface area contributed by atoms with Crippen LogP contribution in [0.2, 0.25) is 0 Å². The molecular formula is C15H12BrFN2O. The van der Waals surface area contributed by atoms with Crippen LogP contribution in [-0.2, 0) is 6.54 Å². The van der Waals surface area contributed by atoms with E-state index in [2.05, 4.69) is 27.3 Å². The second-order valence-corrected chi connectivity index (χ2v) is 4.98. The van der Waals surface area contributed by atoms with E-state index >= 15 is 0 Å². The van der Waals surface area contributed by atoms with E-state index in [1.807, 2.05) is 0 Å². The number of methoxy groups -OCH3 is 1. The van der Waals surface area contributed by atoms with Crippen LogP contribution in [0.3, 0.4) is 0 Å². The summed E-state index contributed by atoms with van der Waals surface area (Å²) >= 11 is 3.16. The second-order valence-electron chi connectivity index (χ2n) is 4.13. The summed E-state index contributed by atoms with van der Waals surface area (Å²) in [6.07, 6.45) is 0. The lowest BCUT2D eigenvalue weighted by Crippen LogP contribution is -2.02. The second kappa shape index (κ2) is 6.40. The van der Waals surface area contributed by atoms with Gasteiger partial charge >= 0.3 is 0 Å². The first-order valence-corrected chi connectivity index (χ1v) is 6.69. The fraction of sp³-hybridized carbons (Fsp3) is 0.133. The highest BCUT2D eigenvalue weighted by atomic mass is 79.9. The molecular weight excluding hydrogens is 323 g/mol. The highest BCUT2D eigenvalue weighted by molar-refractivity contribution is 9.10. The Morgan fingerprint density at radius 2 is 2.10 bits per heavy atom. The molecule has 20 heavy (non-hydrogen) atoms. The monoisotopic (exact) mass is 334 g/mol. The molecule has 0 spiro atoms. The molecule has 0 heterocycles. The van der Waals surface area contributed by atoms with Crippen LogP contribution in [0.4, 0.5) is 10.1 Å². The number of nitriles is 1. The van der Waals surface area contributed by atoms with E-state index in [1.165, 1.54) is 6.07 Å². The maximum absolute atomic E-state index is 13.1. The van der Waals surface area contributed by atoms with Gasteiger partial charge in [0, 0.05) is 12.6 Å². The molecule has 5 heteroatoms. The molecule has 0 saturated carbocycles. The van der Waals surface area contributed by atoms with Gasteiger partial charge in [-0.05, 0) is 45.8 Å². The van der Waals surface area contributed by atoms with Gasteiger partial charge in [-0.2, -0.15) is 5.26 Å². The molecule has 0 fully saturated rings. The molecule has 2 aromatic carbocycles. The third-order valence-corrected chi connectivity index (χ3v) is 3.41. The molecule has 0 aromatic heterocycles. The summed E-state index contributed by atoms with van der Waals surface area (Å²) in [4.78, 5) is 0. The Balaban J connectivity index is 2.14. The highest BCUT2D eigenvalue weighted by Crippen LogP contribution is 2.26. The lowest BCUT2D eigenvalue weighted by atomic mass is 10.2. The number of nitrogens with zero attached hydrogens (tertiary/aromatic N) is 1. The molecule has 0 aliphatic carbocycles. The first-order chi connectivity index (χ1) is 9.63. The van der Waals surface area contributed by atoms with Crippen LogP contribution >= 0.6 is 15.9 Å². The summed E-state index contributed by atoms with van der Waals surface area (Å²) < 4.78 is 18.8. The zero-order valence-electron chi connectivity index (χ0n) is 10.8. The van der Waals surface area contributed by atoms with Gasteiger partial charge < -0.3 is 10.1 Å². The van der Waals surface area contributed by atoms with Gasteiger partial charge in [0.2, 0.25) is 0 Å². The van der Waals surface area contributed by atoms with Gasteiger partial charge in [0.1, 0.15) is 11.6 Å². The maximum Gasteiger partial charge on any atom is 0.143 e. The van der Waals surface area contributed by atoms with Gasteiger partial charge in [-0.15, -0.1) is 0 Å². The molecule has 0 radical (unpaired) electrons. The molecule has 0 aliphatic rings. The summed E-state index contributed by atoms with van der Waals surface area (Å²) in [5, 5.41) is 12.0. The Labute approximate surface area is 125 Å². The molecule has 102 valence electrons. The molecule has 0 atom stereocenters. The molecule has 3 nitrogen and oxygen atoms in total. The number of nitrogens with one attached hydrogen (secondary N) is 1. The van der Waals surface area contributed by atoms with Gasteiger partial charge in [-0.25, -0.2) is 4.39 Å². The van der Waals surface area contributed by atoms with Crippen molar-refractivity contribution in [2.45, 2.75) is 6.54 Å². The van der Waals surface area contributed by atoms with Crippen LogP contribution in [0, 0.1) is 17.1 Å². The number of benzene rings is 2. The minimum Gasteiger partial charge on any atom is -0.495 e. The molecule has 0 aliphatic heterocycles. The van der Waals surface area contributed by atoms with Crippen LogP contribution in [0.1, 0.15) is 11.1 Å². The zero-order valence-corrected chi connectivity index (χ0v) is 12.4. The predicted octanol–water partition coefficient (Wildman–Crippen LogP) is 4.08. The van der Waals surface area contributed by atoms with Gasteiger partial charge in [0.15, 0.2) is 0 Å². The van der Waals surface area contributed by atoms with Gasteiger partial charge in [0.25, 0.3) is 0 Å². The van der Waals surface area contributed by atoms with Crippen molar-refractivity contribution in [1.82, 2.24) is 0 Å². The summed E-state index contributed by atoms with van der Waals surface area (Å²) in [6.45, 7) is 0.529. The lowest BCUT2D eigenvalue weighted by molar-refractivity contribution is 0.416. The van der Waals surface area contributed by atoms with Gasteiger partial charge in [-0.3, -0.25) is 0 Å². The number of hydrogen-bond donors (Lipinski definition) is 1. The Hall–Kier alpha value is -2.06. The van der Waals surface area contributed by atoms with Crippen molar-refractivity contribution in [2.24, 2.45) is 0 Å². The zero-order chi connectivity index (χ0) is 14.5. The molecule has 1 N–H and O–H groups in total. The van der Waals surface area contributed by atoms with E-state index in [-0.39, 0.29) is 5.82 Å². The average Bonchev–Trinajstić information content (AvgIpc) is 2.48. The molecule has 0 unspecified atom stereocenters. The van der Waals surface area contributed by atoms with Gasteiger partial charge in [-0.1, -0.05) is 6.07 Å². The highest BCUT2D eigenvalue weighted by Gasteiger charge is 2.05. The fourth-order valence-corrected chi connectivity index (χ4v) is 2.18. The minimum absolute atomic E-state index is 0.287. The number of rotatable bonds is 4. The largest absolute Gasteiger partial charge is 0.495 e. The van der Waals surface area contributed by atoms with Crippen LogP contribution in [0.25, 0.3) is 0 Å². The minimum atomic E-state index is -0.287. The van der Waals surface area contributed by atoms with Crippen molar-refractivity contribution in [3.8, 4) is 11.8 Å². The third-order valence-electron chi connectivity index (χ3n) is 2.80. The topological polar surface area (TPSA) is 45.0 Å². The van der Waals surface area contributed by atoms with Crippen molar-refractivity contribution >= 4 is 21.6 Å². The molecule has 0 amide bonds. The standard InChI is InChI=1S/C15H12BrFN2O/c1-20-15-7-10(8-18)3-5-14(15)19-9-11-2-4-13(17)12(16)6-11/h2-7,19H,9H2,1H3. The number of halogens is 2. The van der Waals surface area contributed by atoms with Crippen molar-refractivity contribution in [3.63, 3.8) is 0 Å². The normalized spacial score (nSPS) is 9.90. The molecule has 0 saturated heterocycles. The van der Waals surface area contributed by atoms with Crippen LogP contribution in [-0.4, -0.2) is 7.11 Å². The maximum atomic E-state index is 13.1. The van der Waals surface area contributed by atoms with E-state index in [9.17, 15) is 4.39 Å². The van der Waals surface area contributed by atoms with Crippen molar-refractivity contribution in [1.29, 1.82) is 5.26 Å². The van der Waals surface area contributed by atoms with Crippen LogP contribution in [0.5, 0.6) is 5.75 Å². The van der Waals surface area contributed by atoms with E-state index in [1.54, 1.807) is 37.4 Å². The van der Waals surface area contributed by atoms with Crippen molar-refractivity contribution < 1.29 is 9.13 Å². The van der Waals surface area contributed by atoms with Crippen LogP contribution < -0.4 is 10.1 Å². The van der Waals surface area contributed by atoms with Crippen molar-refractivity contribution in [3.05, 3.63) is 57.8 Å². The smallest absolute Gasteiger partial charge is 0.143 e. The van der Waals surface area contributed by atoms with E-state index in [4.69, 9.17) is 10.00 Å². The van der Waals surface area contributed by atoms with E-state index in [0.717, 1.165) is 11.3 Å². The van der Waals surface area contributed by atoms with Crippen molar-refractivity contribution in [2.75, 3.05) is 12.4 Å². The Morgan fingerprint density at radius 3 is 2.75 bits per heavy atom. The summed E-state index contributed by atoms with van der Waals surface area (Å²) in [7, 11) is 1.55. The summed E-state index contributed by atoms with van der Waals surface area (Å²) in [6, 6.07) is 12.1.